The fourth-order valence-electron chi connectivity index (χ4n) is 4.32. The predicted molar refractivity (Wildman–Crippen MR) is 148 cm³/mol. The van der Waals surface area contributed by atoms with Crippen LogP contribution in [0.15, 0.2) is 34.6 Å². The number of rotatable bonds is 8. The first-order valence-electron chi connectivity index (χ1n) is 11.8. The number of thiazole rings is 1. The Morgan fingerprint density at radius 2 is 1.84 bits per heavy atom. The van der Waals surface area contributed by atoms with Crippen molar-refractivity contribution in [2.24, 2.45) is 4.99 Å². The topological polar surface area (TPSA) is 55.8 Å². The Morgan fingerprint density at radius 1 is 1.12 bits per heavy atom. The van der Waals surface area contributed by atoms with Gasteiger partial charge in [-0.15, -0.1) is 35.3 Å². The Bertz CT molecular complexity index is 858. The van der Waals surface area contributed by atoms with Crippen molar-refractivity contribution < 1.29 is 0 Å². The molecule has 176 valence electrons. The molecule has 32 heavy (non-hydrogen) atoms. The molecule has 2 fully saturated rings. The minimum Gasteiger partial charge on any atom is -0.372 e. The van der Waals surface area contributed by atoms with Crippen molar-refractivity contribution in [1.82, 2.24) is 15.6 Å². The van der Waals surface area contributed by atoms with E-state index in [4.69, 9.17) is 9.98 Å². The number of hydrogen-bond acceptors (Lipinski definition) is 5. The van der Waals surface area contributed by atoms with Crippen molar-refractivity contribution in [3.8, 4) is 0 Å². The van der Waals surface area contributed by atoms with Gasteiger partial charge in [-0.3, -0.25) is 4.99 Å². The van der Waals surface area contributed by atoms with Crippen LogP contribution in [-0.2, 0) is 6.42 Å². The van der Waals surface area contributed by atoms with Crippen molar-refractivity contribution in [2.45, 2.75) is 52.0 Å². The maximum absolute atomic E-state index is 4.82. The molecule has 0 saturated carbocycles. The molecule has 0 aliphatic carbocycles. The Balaban J connectivity index is 0.00000289. The summed E-state index contributed by atoms with van der Waals surface area (Å²) in [6.45, 7) is 10.5. The van der Waals surface area contributed by atoms with Gasteiger partial charge in [0.15, 0.2) is 11.1 Å². The molecule has 2 aromatic rings. The highest BCUT2D eigenvalue weighted by Crippen LogP contribution is 2.25. The molecule has 2 aliphatic heterocycles. The zero-order valence-electron chi connectivity index (χ0n) is 19.3. The van der Waals surface area contributed by atoms with Crippen LogP contribution in [0.4, 0.5) is 10.8 Å². The van der Waals surface area contributed by atoms with Gasteiger partial charge in [0.2, 0.25) is 0 Å². The summed E-state index contributed by atoms with van der Waals surface area (Å²) in [5, 5.41) is 10.3. The van der Waals surface area contributed by atoms with E-state index in [0.717, 1.165) is 44.3 Å². The molecule has 3 heterocycles. The molecule has 0 spiro atoms. The number of anilines is 2. The van der Waals surface area contributed by atoms with Crippen LogP contribution in [0.2, 0.25) is 0 Å². The van der Waals surface area contributed by atoms with Gasteiger partial charge in [-0.25, -0.2) is 4.98 Å². The van der Waals surface area contributed by atoms with E-state index in [1.807, 2.05) is 0 Å². The standard InChI is InChI=1S/C24H36N6S.HI/c1-3-25-23(26-12-11-21-18-31-24(28-21)30-15-6-7-16-30)27-19(2)20-9-8-10-22(17-20)29-13-4-5-14-29;/h8-10,17-19H,3-7,11-16H2,1-2H3,(H2,25,26,27);1H. The first-order chi connectivity index (χ1) is 15.2. The van der Waals surface area contributed by atoms with Crippen LogP contribution in [0.1, 0.15) is 56.8 Å². The van der Waals surface area contributed by atoms with Gasteiger partial charge in [-0.2, -0.15) is 0 Å². The van der Waals surface area contributed by atoms with Crippen LogP contribution in [0.25, 0.3) is 0 Å². The number of aliphatic imine (C=N–C) groups is 1. The van der Waals surface area contributed by atoms with E-state index in [0.29, 0.717) is 0 Å². The average molecular weight is 569 g/mol. The largest absolute Gasteiger partial charge is 0.372 e. The summed E-state index contributed by atoms with van der Waals surface area (Å²) in [5.41, 5.74) is 3.78. The van der Waals surface area contributed by atoms with Crippen molar-refractivity contribution >= 4 is 52.1 Å². The number of guanidine groups is 1. The molecule has 0 bridgehead atoms. The van der Waals surface area contributed by atoms with Gasteiger partial charge in [-0.05, 0) is 57.2 Å². The van der Waals surface area contributed by atoms with Crippen molar-refractivity contribution in [3.63, 3.8) is 0 Å². The second-order valence-electron chi connectivity index (χ2n) is 8.48. The Morgan fingerprint density at radius 3 is 2.56 bits per heavy atom. The molecule has 2 aliphatic rings. The number of aromatic nitrogens is 1. The molecule has 1 aromatic carbocycles. The van der Waals surface area contributed by atoms with Crippen molar-refractivity contribution in [1.29, 1.82) is 0 Å². The highest BCUT2D eigenvalue weighted by Gasteiger charge is 2.16. The van der Waals surface area contributed by atoms with E-state index < -0.39 is 0 Å². The average Bonchev–Trinajstić information content (AvgIpc) is 3.56. The van der Waals surface area contributed by atoms with Gasteiger partial charge in [-0.1, -0.05) is 12.1 Å². The summed E-state index contributed by atoms with van der Waals surface area (Å²) in [6.07, 6.45) is 6.05. The van der Waals surface area contributed by atoms with Gasteiger partial charge in [0.1, 0.15) is 0 Å². The van der Waals surface area contributed by atoms with Crippen LogP contribution in [0, 0.1) is 0 Å². The fourth-order valence-corrected chi connectivity index (χ4v) is 5.24. The normalized spacial score (nSPS) is 17.4. The van der Waals surface area contributed by atoms with E-state index >= 15 is 0 Å². The lowest BCUT2D eigenvalue weighted by atomic mass is 10.1. The fraction of sp³-hybridized carbons (Fsp3) is 0.583. The molecule has 2 saturated heterocycles. The van der Waals surface area contributed by atoms with Crippen LogP contribution in [0.3, 0.4) is 0 Å². The van der Waals surface area contributed by atoms with Crippen LogP contribution >= 0.6 is 35.3 Å². The Hall–Kier alpha value is -1.55. The van der Waals surface area contributed by atoms with Crippen LogP contribution < -0.4 is 20.4 Å². The maximum atomic E-state index is 4.82. The first kappa shape index (κ1) is 25.1. The number of benzene rings is 1. The highest BCUT2D eigenvalue weighted by atomic mass is 127. The lowest BCUT2D eigenvalue weighted by Crippen LogP contribution is -2.39. The van der Waals surface area contributed by atoms with Gasteiger partial charge in [0, 0.05) is 56.8 Å². The van der Waals surface area contributed by atoms with Gasteiger partial charge in [0.25, 0.3) is 0 Å². The summed E-state index contributed by atoms with van der Waals surface area (Å²) >= 11 is 1.77. The first-order valence-corrected chi connectivity index (χ1v) is 12.7. The Kier molecular flexibility index (Phi) is 9.90. The molecule has 2 N–H and O–H groups in total. The predicted octanol–water partition coefficient (Wildman–Crippen LogP) is 4.82. The lowest BCUT2D eigenvalue weighted by Gasteiger charge is -2.22. The van der Waals surface area contributed by atoms with Crippen LogP contribution in [-0.4, -0.2) is 50.2 Å². The number of nitrogens with zero attached hydrogens (tertiary/aromatic N) is 4. The molecule has 4 rings (SSSR count). The minimum absolute atomic E-state index is 0. The van der Waals surface area contributed by atoms with Crippen molar-refractivity contribution in [3.05, 3.63) is 40.9 Å². The molecule has 1 atom stereocenters. The summed E-state index contributed by atoms with van der Waals surface area (Å²) in [5.74, 6) is 0.872. The Labute approximate surface area is 213 Å². The van der Waals surface area contributed by atoms with E-state index in [-0.39, 0.29) is 30.0 Å². The van der Waals surface area contributed by atoms with E-state index in [1.165, 1.54) is 55.2 Å². The highest BCUT2D eigenvalue weighted by molar-refractivity contribution is 14.0. The smallest absolute Gasteiger partial charge is 0.191 e. The second-order valence-corrected chi connectivity index (χ2v) is 9.32. The van der Waals surface area contributed by atoms with Gasteiger partial charge < -0.3 is 20.4 Å². The van der Waals surface area contributed by atoms with Gasteiger partial charge in [0.05, 0.1) is 11.7 Å². The van der Waals surface area contributed by atoms with E-state index in [2.05, 4.69) is 63.9 Å². The third-order valence-electron chi connectivity index (χ3n) is 6.09. The lowest BCUT2D eigenvalue weighted by molar-refractivity contribution is 0.685. The number of hydrogen-bond donors (Lipinski definition) is 2. The van der Waals surface area contributed by atoms with E-state index in [1.54, 1.807) is 11.3 Å². The third-order valence-corrected chi connectivity index (χ3v) is 7.04. The zero-order chi connectivity index (χ0) is 21.5. The molecule has 1 unspecified atom stereocenters. The zero-order valence-corrected chi connectivity index (χ0v) is 22.5. The van der Waals surface area contributed by atoms with E-state index in [9.17, 15) is 0 Å². The molecular formula is C24H37IN6S. The monoisotopic (exact) mass is 568 g/mol. The molecule has 8 heteroatoms. The summed E-state index contributed by atoms with van der Waals surface area (Å²) in [6, 6.07) is 9.12. The summed E-state index contributed by atoms with van der Waals surface area (Å²) in [4.78, 5) is 14.5. The van der Waals surface area contributed by atoms with Crippen LogP contribution in [0.5, 0.6) is 0 Å². The summed E-state index contributed by atoms with van der Waals surface area (Å²) < 4.78 is 0. The number of nitrogens with one attached hydrogen (secondary N) is 2. The molecule has 6 nitrogen and oxygen atoms in total. The summed E-state index contributed by atoms with van der Waals surface area (Å²) in [7, 11) is 0. The molecular weight excluding hydrogens is 531 g/mol. The second kappa shape index (κ2) is 12.6. The maximum Gasteiger partial charge on any atom is 0.191 e. The number of halogens is 1. The molecule has 1 aromatic heterocycles. The minimum atomic E-state index is 0. The SMILES string of the molecule is CCNC(=NCCc1csc(N2CCCC2)n1)NC(C)c1cccc(N2CCCC2)c1.I. The van der Waals surface area contributed by atoms with Gasteiger partial charge >= 0.3 is 0 Å². The molecule has 0 amide bonds. The quantitative estimate of drug-likeness (QED) is 0.272. The third kappa shape index (κ3) is 6.73. The molecule has 0 radical (unpaired) electrons. The van der Waals surface area contributed by atoms with Crippen molar-refractivity contribution in [2.75, 3.05) is 49.1 Å².